The first kappa shape index (κ1) is 17.4. The maximum atomic E-state index is 6.24. The Labute approximate surface area is 152 Å². The molecule has 0 bridgehead atoms. The highest BCUT2D eigenvalue weighted by molar-refractivity contribution is 7.99. The Bertz CT molecular complexity index is 738. The number of guanidine groups is 1. The lowest BCUT2D eigenvalue weighted by Gasteiger charge is -2.27. The van der Waals surface area contributed by atoms with E-state index in [1.54, 1.807) is 7.11 Å². The predicted octanol–water partition coefficient (Wildman–Crippen LogP) is 3.14. The Morgan fingerprint density at radius 3 is 2.36 bits per heavy atom. The number of methoxy groups -OCH3 is 1. The maximum absolute atomic E-state index is 6.24. The molecular weight excluding hydrogens is 332 g/mol. The second-order valence-corrected chi connectivity index (χ2v) is 6.80. The van der Waals surface area contributed by atoms with E-state index in [4.69, 9.17) is 15.5 Å². The molecule has 1 aliphatic rings. The number of hydrogen-bond donors (Lipinski definition) is 1. The van der Waals surface area contributed by atoms with Crippen molar-refractivity contribution in [1.82, 2.24) is 4.90 Å². The molecule has 2 N–H and O–H groups in total. The van der Waals surface area contributed by atoms with E-state index >= 15 is 0 Å². The van der Waals surface area contributed by atoms with Gasteiger partial charge in [0, 0.05) is 30.2 Å². The third-order valence-corrected chi connectivity index (χ3v) is 4.83. The number of aliphatic imine (C=N–C) groups is 2. The van der Waals surface area contributed by atoms with Gasteiger partial charge >= 0.3 is 0 Å². The molecule has 0 aromatic heterocycles. The van der Waals surface area contributed by atoms with E-state index in [1.807, 2.05) is 66.4 Å². The minimum atomic E-state index is 0.454. The zero-order valence-corrected chi connectivity index (χ0v) is 15.1. The lowest BCUT2D eigenvalue weighted by atomic mass is 10.2. The van der Waals surface area contributed by atoms with Crippen molar-refractivity contribution in [3.8, 4) is 5.75 Å². The van der Waals surface area contributed by atoms with E-state index in [1.165, 1.54) is 0 Å². The van der Waals surface area contributed by atoms with E-state index in [-0.39, 0.29) is 0 Å². The van der Waals surface area contributed by atoms with Crippen molar-refractivity contribution in [2.75, 3.05) is 31.7 Å². The number of thioether (sulfide) groups is 1. The molecule has 0 aliphatic carbocycles. The molecular formula is C19H22N4OS. The normalized spacial score (nSPS) is 16.0. The van der Waals surface area contributed by atoms with Gasteiger partial charge in [0.1, 0.15) is 11.6 Å². The summed E-state index contributed by atoms with van der Waals surface area (Å²) in [6.45, 7) is 1.85. The molecule has 2 aromatic rings. The summed E-state index contributed by atoms with van der Waals surface area (Å²) >= 11 is 1.95. The first-order valence-corrected chi connectivity index (χ1v) is 9.37. The highest BCUT2D eigenvalue weighted by atomic mass is 32.2. The van der Waals surface area contributed by atoms with Crippen LogP contribution in [0, 0.1) is 0 Å². The summed E-state index contributed by atoms with van der Waals surface area (Å²) in [7, 11) is 1.64. The smallest absolute Gasteiger partial charge is 0.227 e. The summed E-state index contributed by atoms with van der Waals surface area (Å²) in [6, 6.07) is 17.4. The van der Waals surface area contributed by atoms with Crippen LogP contribution in [0.25, 0.3) is 0 Å². The number of amidine groups is 1. The molecule has 3 rings (SSSR count). The van der Waals surface area contributed by atoms with E-state index in [9.17, 15) is 0 Å². The molecule has 0 spiro atoms. The molecule has 1 saturated heterocycles. The van der Waals surface area contributed by atoms with Gasteiger partial charge in [-0.3, -0.25) is 0 Å². The van der Waals surface area contributed by atoms with Crippen molar-refractivity contribution in [3.05, 3.63) is 60.2 Å². The molecule has 0 radical (unpaired) electrons. The molecule has 0 atom stereocenters. The highest BCUT2D eigenvalue weighted by Gasteiger charge is 2.15. The second-order valence-electron chi connectivity index (χ2n) is 5.57. The Morgan fingerprint density at radius 2 is 1.72 bits per heavy atom. The van der Waals surface area contributed by atoms with Gasteiger partial charge in [0.15, 0.2) is 0 Å². The first-order chi connectivity index (χ1) is 12.3. The van der Waals surface area contributed by atoms with Gasteiger partial charge in [0.2, 0.25) is 5.96 Å². The lowest BCUT2D eigenvalue weighted by Crippen LogP contribution is -2.38. The van der Waals surface area contributed by atoms with E-state index in [2.05, 4.69) is 9.89 Å². The molecule has 130 valence electrons. The van der Waals surface area contributed by atoms with Crippen LogP contribution in [-0.4, -0.2) is 48.4 Å². The lowest BCUT2D eigenvalue weighted by molar-refractivity contribution is 0.415. The van der Waals surface area contributed by atoms with Crippen LogP contribution in [0.2, 0.25) is 0 Å². The van der Waals surface area contributed by atoms with E-state index in [0.717, 1.165) is 41.6 Å². The van der Waals surface area contributed by atoms with Gasteiger partial charge in [-0.1, -0.05) is 18.2 Å². The van der Waals surface area contributed by atoms with Gasteiger partial charge in [-0.05, 0) is 36.4 Å². The summed E-state index contributed by atoms with van der Waals surface area (Å²) in [5.41, 5.74) is 7.98. The van der Waals surface area contributed by atoms with Crippen LogP contribution >= 0.6 is 11.8 Å². The van der Waals surface area contributed by atoms with E-state index in [0.29, 0.717) is 11.8 Å². The van der Waals surface area contributed by atoms with Gasteiger partial charge in [-0.25, -0.2) is 4.99 Å². The first-order valence-electron chi connectivity index (χ1n) is 8.21. The number of benzene rings is 2. The molecule has 1 fully saturated rings. The largest absolute Gasteiger partial charge is 0.497 e. The fourth-order valence-corrected chi connectivity index (χ4v) is 3.38. The van der Waals surface area contributed by atoms with Crippen LogP contribution in [0.5, 0.6) is 5.75 Å². The van der Waals surface area contributed by atoms with Crippen LogP contribution in [-0.2, 0) is 0 Å². The van der Waals surface area contributed by atoms with Crippen LogP contribution in [0.15, 0.2) is 64.6 Å². The standard InChI is InChI=1S/C19H22N4OS/c1-24-17-9-7-15(8-10-17)18(20)22-19(23-11-13-25-14-12-23)21-16-5-3-2-4-6-16/h2-10H,11-14H2,1H3,(H2,20,21,22). The molecule has 2 aromatic carbocycles. The third-order valence-electron chi connectivity index (χ3n) is 3.89. The second kappa shape index (κ2) is 8.58. The molecule has 1 heterocycles. The molecule has 0 amide bonds. The number of ether oxygens (including phenoxy) is 1. The Kier molecular flexibility index (Phi) is 5.95. The summed E-state index contributed by atoms with van der Waals surface area (Å²) in [4.78, 5) is 11.6. The zero-order valence-electron chi connectivity index (χ0n) is 14.3. The van der Waals surface area contributed by atoms with Gasteiger partial charge in [0.05, 0.1) is 12.8 Å². The third kappa shape index (κ3) is 4.76. The van der Waals surface area contributed by atoms with Crippen LogP contribution in [0.1, 0.15) is 5.56 Å². The van der Waals surface area contributed by atoms with Gasteiger partial charge in [-0.15, -0.1) is 0 Å². The predicted molar refractivity (Wildman–Crippen MR) is 106 cm³/mol. The van der Waals surface area contributed by atoms with Crippen molar-refractivity contribution < 1.29 is 4.74 Å². The average molecular weight is 354 g/mol. The Hall–Kier alpha value is -2.47. The SMILES string of the molecule is COc1ccc(/C(N)=N/C(=Nc2ccccc2)N2CCSCC2)cc1. The van der Waals surface area contributed by atoms with Gasteiger partial charge in [-0.2, -0.15) is 16.8 Å². The zero-order chi connectivity index (χ0) is 17.5. The number of nitrogens with zero attached hydrogens (tertiary/aromatic N) is 3. The number of nitrogens with two attached hydrogens (primary N) is 1. The number of para-hydroxylation sites is 1. The van der Waals surface area contributed by atoms with Gasteiger partial charge < -0.3 is 15.4 Å². The molecule has 0 saturated carbocycles. The number of rotatable bonds is 3. The van der Waals surface area contributed by atoms with Crippen LogP contribution < -0.4 is 10.5 Å². The van der Waals surface area contributed by atoms with Gasteiger partial charge in [0.25, 0.3) is 0 Å². The number of hydrogen-bond acceptors (Lipinski definition) is 3. The molecule has 0 unspecified atom stereocenters. The van der Waals surface area contributed by atoms with Crippen molar-refractivity contribution in [2.24, 2.45) is 15.7 Å². The minimum Gasteiger partial charge on any atom is -0.497 e. The van der Waals surface area contributed by atoms with Crippen molar-refractivity contribution in [3.63, 3.8) is 0 Å². The topological polar surface area (TPSA) is 63.2 Å². The molecule has 6 heteroatoms. The van der Waals surface area contributed by atoms with E-state index < -0.39 is 0 Å². The molecule has 1 aliphatic heterocycles. The van der Waals surface area contributed by atoms with Crippen LogP contribution in [0.4, 0.5) is 5.69 Å². The summed E-state index contributed by atoms with van der Waals surface area (Å²) in [5, 5.41) is 0. The fraction of sp³-hybridized carbons (Fsp3) is 0.263. The fourth-order valence-electron chi connectivity index (χ4n) is 2.48. The Morgan fingerprint density at radius 1 is 1.04 bits per heavy atom. The molecule has 25 heavy (non-hydrogen) atoms. The summed E-state index contributed by atoms with van der Waals surface area (Å²) < 4.78 is 5.19. The minimum absolute atomic E-state index is 0.454. The van der Waals surface area contributed by atoms with Crippen molar-refractivity contribution in [2.45, 2.75) is 0 Å². The quantitative estimate of drug-likeness (QED) is 0.679. The van der Waals surface area contributed by atoms with Crippen molar-refractivity contribution in [1.29, 1.82) is 0 Å². The maximum Gasteiger partial charge on any atom is 0.227 e. The highest BCUT2D eigenvalue weighted by Crippen LogP contribution is 2.16. The monoisotopic (exact) mass is 354 g/mol. The molecule has 5 nitrogen and oxygen atoms in total. The van der Waals surface area contributed by atoms with Crippen molar-refractivity contribution >= 4 is 29.2 Å². The average Bonchev–Trinajstić information content (AvgIpc) is 2.69. The summed E-state index contributed by atoms with van der Waals surface area (Å²) in [5.74, 6) is 4.07. The van der Waals surface area contributed by atoms with Crippen LogP contribution in [0.3, 0.4) is 0 Å². The summed E-state index contributed by atoms with van der Waals surface area (Å²) in [6.07, 6.45) is 0. The Balaban J connectivity index is 1.91.